The Morgan fingerprint density at radius 2 is 1.10 bits per heavy atom. The van der Waals surface area contributed by atoms with E-state index >= 15 is 0 Å². The summed E-state index contributed by atoms with van der Waals surface area (Å²) in [5.41, 5.74) is -1.52. The van der Waals surface area contributed by atoms with Gasteiger partial charge in [-0.3, -0.25) is 0 Å². The van der Waals surface area contributed by atoms with Crippen LogP contribution in [-0.2, 0) is 27.9 Å². The number of hydrogen-bond donors (Lipinski definition) is 0. The van der Waals surface area contributed by atoms with Crippen LogP contribution >= 0.6 is 0 Å². The van der Waals surface area contributed by atoms with Crippen molar-refractivity contribution in [1.82, 2.24) is 0 Å². The third-order valence-corrected chi connectivity index (χ3v) is 7.07. The summed E-state index contributed by atoms with van der Waals surface area (Å²) in [4.78, 5) is 0. The highest BCUT2D eigenvalue weighted by Crippen LogP contribution is 2.38. The fraction of sp³-hybridized carbons (Fsp3) is 1.00. The molecule has 0 spiro atoms. The minimum Gasteiger partial charge on any atom is -0.386 e. The first-order valence-electron chi connectivity index (χ1n) is 11.8. The van der Waals surface area contributed by atoms with Crippen LogP contribution in [0.2, 0.25) is 0 Å². The highest BCUT2D eigenvalue weighted by Gasteiger charge is 2.54. The van der Waals surface area contributed by atoms with Crippen molar-refractivity contribution < 1.29 is 27.9 Å². The summed E-state index contributed by atoms with van der Waals surface area (Å²) in [5.74, 6) is 0. The molecule has 2 aliphatic heterocycles. The van der Waals surface area contributed by atoms with Gasteiger partial charge in [-0.1, -0.05) is 32.6 Å². The molecule has 0 saturated carbocycles. The molecule has 2 saturated heterocycles. The van der Waals surface area contributed by atoms with Crippen LogP contribution in [0.5, 0.6) is 0 Å². The van der Waals surface area contributed by atoms with Gasteiger partial charge in [-0.25, -0.2) is 0 Å². The second-order valence-corrected chi connectivity index (χ2v) is 10.7. The maximum Gasteiger partial charge on any atom is 0.640 e. The third-order valence-electron chi connectivity index (χ3n) is 7.07. The van der Waals surface area contributed by atoms with Crippen LogP contribution in [0.3, 0.4) is 0 Å². The van der Waals surface area contributed by atoms with Crippen LogP contribution < -0.4 is 0 Å². The predicted molar refractivity (Wildman–Crippen MR) is 121 cm³/mol. The van der Waals surface area contributed by atoms with Crippen molar-refractivity contribution >= 4 is 14.6 Å². The molecular weight excluding hydrogens is 382 g/mol. The van der Waals surface area contributed by atoms with E-state index in [9.17, 15) is 0 Å². The highest BCUT2D eigenvalue weighted by atomic mass is 16.8. The molecule has 2 heterocycles. The average Bonchev–Trinajstić information content (AvgIpc) is 2.93. The lowest BCUT2D eigenvalue weighted by Gasteiger charge is -2.31. The Balaban J connectivity index is 1.79. The molecule has 0 aliphatic carbocycles. The third kappa shape index (κ3) is 6.69. The topological polar surface area (TPSA) is 55.4 Å². The van der Waals surface area contributed by atoms with E-state index in [-0.39, 0.29) is 28.5 Å². The molecule has 0 aromatic heterocycles. The van der Waals surface area contributed by atoms with E-state index in [0.29, 0.717) is 6.61 Å². The average molecular weight is 426 g/mol. The standard InChI is InChI=1S/C22H44B2O6/c1-10-11-12-13-15-18(26-24-29-21(6,7)22(8,9)30-24)16-14-17-25-23-27-19(2,3)20(4,5)28-23/h18H,10-17H2,1-9H3. The van der Waals surface area contributed by atoms with Gasteiger partial charge in [-0.05, 0) is 74.7 Å². The summed E-state index contributed by atoms with van der Waals surface area (Å²) in [6.45, 7) is 19.1. The van der Waals surface area contributed by atoms with E-state index in [4.69, 9.17) is 27.9 Å². The van der Waals surface area contributed by atoms with E-state index < -0.39 is 14.6 Å². The Morgan fingerprint density at radius 3 is 1.60 bits per heavy atom. The number of rotatable bonds is 12. The van der Waals surface area contributed by atoms with Crippen molar-refractivity contribution in [3.05, 3.63) is 0 Å². The molecule has 8 heteroatoms. The van der Waals surface area contributed by atoms with Crippen molar-refractivity contribution in [2.75, 3.05) is 6.61 Å². The zero-order valence-electron chi connectivity index (χ0n) is 20.8. The molecule has 2 fully saturated rings. The maximum absolute atomic E-state index is 6.24. The van der Waals surface area contributed by atoms with Gasteiger partial charge in [0.05, 0.1) is 22.4 Å². The summed E-state index contributed by atoms with van der Waals surface area (Å²) in [5, 5.41) is 0. The van der Waals surface area contributed by atoms with Gasteiger partial charge in [0.25, 0.3) is 0 Å². The zero-order valence-corrected chi connectivity index (χ0v) is 20.8. The molecule has 0 bridgehead atoms. The molecule has 0 aromatic rings. The van der Waals surface area contributed by atoms with Crippen molar-refractivity contribution in [2.45, 2.75) is 136 Å². The van der Waals surface area contributed by atoms with E-state index in [2.05, 4.69) is 6.92 Å². The first-order valence-corrected chi connectivity index (χ1v) is 11.8. The van der Waals surface area contributed by atoms with Gasteiger partial charge in [-0.2, -0.15) is 0 Å². The largest absolute Gasteiger partial charge is 0.640 e. The lowest BCUT2D eigenvalue weighted by Crippen LogP contribution is -2.41. The second-order valence-electron chi connectivity index (χ2n) is 10.7. The van der Waals surface area contributed by atoms with E-state index in [0.717, 1.165) is 25.7 Å². The quantitative estimate of drug-likeness (QED) is 0.311. The molecule has 0 N–H and O–H groups in total. The molecule has 1 unspecified atom stereocenters. The van der Waals surface area contributed by atoms with Gasteiger partial charge in [0.15, 0.2) is 0 Å². The van der Waals surface area contributed by atoms with E-state index in [1.54, 1.807) is 0 Å². The van der Waals surface area contributed by atoms with E-state index in [1.807, 2.05) is 55.4 Å². The SMILES string of the molecule is CCCCCCC(CCCOB1OC(C)(C)C(C)(C)O1)OB1OC(C)(C)C(C)(C)O1. The summed E-state index contributed by atoms with van der Waals surface area (Å²) in [6.07, 6.45) is 7.69. The second kappa shape index (κ2) is 10.2. The number of unbranched alkanes of at least 4 members (excludes halogenated alkanes) is 3. The normalized spacial score (nSPS) is 25.1. The molecule has 6 nitrogen and oxygen atoms in total. The summed E-state index contributed by atoms with van der Waals surface area (Å²) in [7, 11) is -1.22. The Kier molecular flexibility index (Phi) is 8.91. The maximum atomic E-state index is 6.24. The first kappa shape index (κ1) is 26.1. The zero-order chi connectivity index (χ0) is 22.6. The number of hydrogen-bond acceptors (Lipinski definition) is 6. The van der Waals surface area contributed by atoms with Crippen LogP contribution in [0.1, 0.15) is 107 Å². The Bertz CT molecular complexity index is 506. The van der Waals surface area contributed by atoms with Gasteiger partial charge in [0, 0.05) is 12.7 Å². The predicted octanol–water partition coefficient (Wildman–Crippen LogP) is 5.32. The molecule has 2 rings (SSSR count). The van der Waals surface area contributed by atoms with Crippen molar-refractivity contribution in [1.29, 1.82) is 0 Å². The summed E-state index contributed by atoms with van der Waals surface area (Å²) in [6, 6.07) is 0. The van der Waals surface area contributed by atoms with Crippen LogP contribution in [0.25, 0.3) is 0 Å². The van der Waals surface area contributed by atoms with Gasteiger partial charge < -0.3 is 27.9 Å². The smallest absolute Gasteiger partial charge is 0.386 e. The van der Waals surface area contributed by atoms with Crippen LogP contribution in [-0.4, -0.2) is 49.8 Å². The highest BCUT2D eigenvalue weighted by molar-refractivity contribution is 6.38. The summed E-state index contributed by atoms with van der Waals surface area (Å²) >= 11 is 0. The van der Waals surface area contributed by atoms with Gasteiger partial charge in [-0.15, -0.1) is 0 Å². The molecular formula is C22H44B2O6. The molecule has 0 radical (unpaired) electrons. The Labute approximate surface area is 185 Å². The van der Waals surface area contributed by atoms with Crippen LogP contribution in [0, 0.1) is 0 Å². The van der Waals surface area contributed by atoms with Crippen molar-refractivity contribution in [3.63, 3.8) is 0 Å². The minimum atomic E-state index is -0.616. The summed E-state index contributed by atoms with van der Waals surface area (Å²) < 4.78 is 36.0. The molecule has 2 aliphatic rings. The Morgan fingerprint density at radius 1 is 0.633 bits per heavy atom. The molecule has 1 atom stereocenters. The lowest BCUT2D eigenvalue weighted by atomic mass is 9.90. The monoisotopic (exact) mass is 426 g/mol. The minimum absolute atomic E-state index is 0.0819. The molecule has 0 aromatic carbocycles. The van der Waals surface area contributed by atoms with Gasteiger partial charge in [0.1, 0.15) is 0 Å². The van der Waals surface area contributed by atoms with Crippen molar-refractivity contribution in [2.24, 2.45) is 0 Å². The van der Waals surface area contributed by atoms with Crippen molar-refractivity contribution in [3.8, 4) is 0 Å². The molecule has 30 heavy (non-hydrogen) atoms. The first-order chi connectivity index (χ1) is 13.8. The fourth-order valence-electron chi connectivity index (χ4n) is 3.43. The van der Waals surface area contributed by atoms with Gasteiger partial charge >= 0.3 is 14.6 Å². The molecule has 0 amide bonds. The van der Waals surface area contributed by atoms with Crippen LogP contribution in [0.4, 0.5) is 0 Å². The fourth-order valence-corrected chi connectivity index (χ4v) is 3.43. The Hall–Kier alpha value is -0.110. The van der Waals surface area contributed by atoms with Gasteiger partial charge in [0.2, 0.25) is 0 Å². The van der Waals surface area contributed by atoms with Crippen LogP contribution in [0.15, 0.2) is 0 Å². The van der Waals surface area contributed by atoms with E-state index in [1.165, 1.54) is 19.3 Å². The lowest BCUT2D eigenvalue weighted by molar-refractivity contribution is 0.00578. The molecule has 174 valence electrons.